The first kappa shape index (κ1) is 34.1. The number of nitrogens with zero attached hydrogens (tertiary/aromatic N) is 2. The molecule has 0 saturated heterocycles. The van der Waals surface area contributed by atoms with Gasteiger partial charge in [-0.2, -0.15) is 0 Å². The van der Waals surface area contributed by atoms with Crippen molar-refractivity contribution in [2.75, 3.05) is 0 Å². The summed E-state index contributed by atoms with van der Waals surface area (Å²) in [4.78, 5) is 0. The number of aromatic nitrogens is 2. The maximum atomic E-state index is 3.86. The summed E-state index contributed by atoms with van der Waals surface area (Å²) in [5, 5.41) is 2.49. The van der Waals surface area contributed by atoms with Crippen molar-refractivity contribution in [3.63, 3.8) is 0 Å². The van der Waals surface area contributed by atoms with Crippen LogP contribution in [-0.4, -0.2) is 9.13 Å². The van der Waals surface area contributed by atoms with Gasteiger partial charge in [-0.3, -0.25) is 0 Å². The Morgan fingerprint density at radius 2 is 0.964 bits per heavy atom. The van der Waals surface area contributed by atoms with Crippen molar-refractivity contribution >= 4 is 43.4 Å². The number of hydrogen-bond donors (Lipinski definition) is 0. The molecule has 2 aromatic heterocycles. The van der Waals surface area contributed by atoms with E-state index in [1.165, 1.54) is 89.0 Å². The van der Waals surface area contributed by atoms with Crippen molar-refractivity contribution < 1.29 is 0 Å². The Morgan fingerprint density at radius 1 is 0.464 bits per heavy atom. The van der Waals surface area contributed by atoms with Crippen molar-refractivity contribution in [3.05, 3.63) is 210 Å². The fraction of sp³-hybridized carbons (Fsp3) is 0.0566. The van der Waals surface area contributed by atoms with Crippen LogP contribution in [0.4, 0.5) is 0 Å². The van der Waals surface area contributed by atoms with Gasteiger partial charge >= 0.3 is 0 Å². The fourth-order valence-corrected chi connectivity index (χ4v) is 9.01. The zero-order valence-corrected chi connectivity index (χ0v) is 32.5. The van der Waals surface area contributed by atoms with Gasteiger partial charge in [-0.25, -0.2) is 0 Å². The Hall–Kier alpha value is -6.42. The van der Waals surface area contributed by atoms with Gasteiger partial charge in [0.1, 0.15) is 0 Å². The monoisotopic (exact) mass is 782 g/mol. The number of rotatable bonds is 8. The highest BCUT2D eigenvalue weighted by Crippen LogP contribution is 2.47. The van der Waals surface area contributed by atoms with E-state index in [1.807, 2.05) is 0 Å². The fourth-order valence-electron chi connectivity index (χ4n) is 8.60. The second-order valence-electron chi connectivity index (χ2n) is 14.5. The minimum atomic E-state index is 0.738. The molecule has 1 aliphatic carbocycles. The average Bonchev–Trinajstić information content (AvgIpc) is 3.78. The molecular weight excluding hydrogens is 745 g/mol. The van der Waals surface area contributed by atoms with E-state index in [-0.39, 0.29) is 0 Å². The van der Waals surface area contributed by atoms with Crippen LogP contribution >= 0.6 is 15.9 Å². The maximum absolute atomic E-state index is 3.86. The van der Waals surface area contributed by atoms with E-state index in [1.54, 1.807) is 0 Å². The molecule has 0 saturated carbocycles. The number of allylic oxidation sites excluding steroid dienone is 4. The van der Waals surface area contributed by atoms with Crippen molar-refractivity contribution in [1.29, 1.82) is 0 Å². The zero-order chi connectivity index (χ0) is 37.4. The second kappa shape index (κ2) is 14.7. The quantitative estimate of drug-likeness (QED) is 0.145. The van der Waals surface area contributed by atoms with Crippen LogP contribution < -0.4 is 0 Å². The molecule has 0 radical (unpaired) electrons. The third-order valence-corrected chi connectivity index (χ3v) is 11.9. The topological polar surface area (TPSA) is 9.86 Å². The largest absolute Gasteiger partial charge is 0.335 e. The first-order valence-electron chi connectivity index (χ1n) is 19.4. The molecule has 0 bridgehead atoms. The lowest BCUT2D eigenvalue weighted by molar-refractivity contribution is 0.841. The van der Waals surface area contributed by atoms with Gasteiger partial charge in [-0.15, -0.1) is 0 Å². The van der Waals surface area contributed by atoms with E-state index in [4.69, 9.17) is 0 Å². The number of fused-ring (bicyclic) bond motifs is 2. The number of hydrogen-bond acceptors (Lipinski definition) is 0. The molecule has 2 heterocycles. The molecule has 0 amide bonds. The molecule has 1 aliphatic rings. The second-order valence-corrected chi connectivity index (χ2v) is 15.4. The predicted molar refractivity (Wildman–Crippen MR) is 241 cm³/mol. The van der Waals surface area contributed by atoms with Crippen molar-refractivity contribution in [2.45, 2.75) is 19.4 Å². The van der Waals surface area contributed by atoms with Gasteiger partial charge in [0, 0.05) is 44.1 Å². The van der Waals surface area contributed by atoms with E-state index in [0.29, 0.717) is 0 Å². The van der Waals surface area contributed by atoms with E-state index in [9.17, 15) is 0 Å². The van der Waals surface area contributed by atoms with E-state index in [0.717, 1.165) is 23.9 Å². The summed E-state index contributed by atoms with van der Waals surface area (Å²) in [6.45, 7) is 0.738. The molecule has 0 unspecified atom stereocenters. The van der Waals surface area contributed by atoms with Crippen LogP contribution in [0.5, 0.6) is 0 Å². The van der Waals surface area contributed by atoms with Crippen molar-refractivity contribution in [2.24, 2.45) is 0 Å². The Bertz CT molecular complexity index is 2910. The molecule has 0 atom stereocenters. The standard InChI is InChI=1S/C53H39BrN2/c54-47-29-17-16-26-43(47)36-55-48-32-30-41(34-45(48)50(37-18-6-1-7-19-37)52(55)39-22-10-3-11-23-39)42-31-33-49-46(35-42)51(38-20-8-2-9-21-38)53(40-24-12-4-13-25-40)56(49)44-27-14-5-15-28-44/h1-14,16-27,29-35H,15,28,36H2. The van der Waals surface area contributed by atoms with Gasteiger partial charge in [0.2, 0.25) is 0 Å². The van der Waals surface area contributed by atoms with Crippen molar-refractivity contribution in [3.8, 4) is 55.9 Å². The average molecular weight is 784 g/mol. The molecule has 10 rings (SSSR count). The number of benzene rings is 7. The lowest BCUT2D eigenvalue weighted by Gasteiger charge is -2.17. The highest BCUT2D eigenvalue weighted by atomic mass is 79.9. The molecule has 0 fully saturated rings. The molecule has 9 aromatic rings. The predicted octanol–water partition coefficient (Wildman–Crippen LogP) is 14.9. The van der Waals surface area contributed by atoms with Crippen LogP contribution in [0, 0.1) is 0 Å². The zero-order valence-electron chi connectivity index (χ0n) is 30.9. The molecule has 0 N–H and O–H groups in total. The molecule has 3 heteroatoms. The van der Waals surface area contributed by atoms with Crippen LogP contribution in [-0.2, 0) is 6.54 Å². The molecule has 56 heavy (non-hydrogen) atoms. The Balaban J connectivity index is 1.24. The molecule has 268 valence electrons. The minimum Gasteiger partial charge on any atom is -0.335 e. The van der Waals surface area contributed by atoms with Gasteiger partial charge in [-0.1, -0.05) is 180 Å². The first-order chi connectivity index (χ1) is 27.7. The number of halogens is 1. The van der Waals surface area contributed by atoms with Gasteiger partial charge in [-0.05, 0) is 88.2 Å². The smallest absolute Gasteiger partial charge is 0.0616 e. The summed E-state index contributed by atoms with van der Waals surface area (Å²) in [5.74, 6) is 0. The Morgan fingerprint density at radius 3 is 1.54 bits per heavy atom. The van der Waals surface area contributed by atoms with E-state index < -0.39 is 0 Å². The SMILES string of the molecule is Brc1ccccc1Cn1c(-c2ccccc2)c(-c2ccccc2)c2cc(-c3ccc4c(c3)c(-c3ccccc3)c(-c3ccccc3)n4C3=CC=CCC3)ccc21. The van der Waals surface area contributed by atoms with E-state index in [2.05, 4.69) is 225 Å². The van der Waals surface area contributed by atoms with Crippen LogP contribution in [0.1, 0.15) is 18.4 Å². The lowest BCUT2D eigenvalue weighted by Crippen LogP contribution is -2.03. The molecule has 0 spiro atoms. The summed E-state index contributed by atoms with van der Waals surface area (Å²) in [7, 11) is 0. The molecule has 2 nitrogen and oxygen atoms in total. The first-order valence-corrected chi connectivity index (χ1v) is 20.2. The summed E-state index contributed by atoms with van der Waals surface area (Å²) in [6.07, 6.45) is 8.80. The van der Waals surface area contributed by atoms with Crippen molar-refractivity contribution in [1.82, 2.24) is 9.13 Å². The normalized spacial score (nSPS) is 12.7. The molecule has 7 aromatic carbocycles. The molecular formula is C53H39BrN2. The Labute approximate surface area is 336 Å². The van der Waals surface area contributed by atoms with Crippen LogP contribution in [0.2, 0.25) is 0 Å². The van der Waals surface area contributed by atoms with Crippen LogP contribution in [0.25, 0.3) is 83.4 Å². The summed E-state index contributed by atoms with van der Waals surface area (Å²) >= 11 is 3.86. The van der Waals surface area contributed by atoms with Gasteiger partial charge in [0.25, 0.3) is 0 Å². The summed E-state index contributed by atoms with van der Waals surface area (Å²) in [5.41, 5.74) is 17.2. The third-order valence-electron chi connectivity index (χ3n) is 11.1. The third kappa shape index (κ3) is 6.05. The molecule has 0 aliphatic heterocycles. The van der Waals surface area contributed by atoms with Gasteiger partial charge in [0.15, 0.2) is 0 Å². The van der Waals surface area contributed by atoms with Gasteiger partial charge in [0.05, 0.1) is 16.9 Å². The van der Waals surface area contributed by atoms with Crippen LogP contribution in [0.15, 0.2) is 205 Å². The van der Waals surface area contributed by atoms with Crippen LogP contribution in [0.3, 0.4) is 0 Å². The van der Waals surface area contributed by atoms with E-state index >= 15 is 0 Å². The van der Waals surface area contributed by atoms with Gasteiger partial charge < -0.3 is 9.13 Å². The summed E-state index contributed by atoms with van der Waals surface area (Å²) in [6, 6.07) is 66.3. The highest BCUT2D eigenvalue weighted by molar-refractivity contribution is 9.10. The Kier molecular flexibility index (Phi) is 8.93. The minimum absolute atomic E-state index is 0.738. The summed E-state index contributed by atoms with van der Waals surface area (Å²) < 4.78 is 6.14. The highest BCUT2D eigenvalue weighted by Gasteiger charge is 2.25. The lowest BCUT2D eigenvalue weighted by atomic mass is 9.94. The maximum Gasteiger partial charge on any atom is 0.0616 e.